The van der Waals surface area contributed by atoms with Gasteiger partial charge in [0.25, 0.3) is 11.8 Å². The minimum atomic E-state index is -4.79. The molecule has 0 atom stereocenters. The Hall–Kier alpha value is -4.28. The fourth-order valence-corrected chi connectivity index (χ4v) is 3.35. The summed E-state index contributed by atoms with van der Waals surface area (Å²) < 4.78 is 114. The first-order valence-corrected chi connectivity index (χ1v) is 11.6. The third-order valence-corrected chi connectivity index (χ3v) is 5.16. The largest absolute Gasteiger partial charge is 0.489 e. The summed E-state index contributed by atoms with van der Waals surface area (Å²) in [4.78, 5) is 24.7. The van der Waals surface area contributed by atoms with E-state index in [0.29, 0.717) is 18.2 Å². The standard InChI is InChI=1S/C24H21F8N5O4/c25-5-6-40-7-8-41-20-10-14(21(38)34-13-23(27,28)29)1-4-19(20)37-12-18(35-36-37)22(39)33-11-15-9-16(26)2-3-17(15)24(30,31)32/h1-4,9-10,12H,5-8,11,13H2,(H,33,39)(H,34,38). The molecule has 3 aromatic rings. The Balaban J connectivity index is 1.79. The summed E-state index contributed by atoms with van der Waals surface area (Å²) in [6.45, 7) is -3.48. The van der Waals surface area contributed by atoms with Crippen molar-refractivity contribution in [2.45, 2.75) is 18.9 Å². The molecule has 0 saturated heterocycles. The number of carbonyl (C=O) groups excluding carboxylic acids is 2. The number of ether oxygens (including phenoxy) is 2. The summed E-state index contributed by atoms with van der Waals surface area (Å²) in [5.74, 6) is -3.06. The molecule has 0 aliphatic rings. The molecule has 3 rings (SSSR count). The van der Waals surface area contributed by atoms with Gasteiger partial charge < -0.3 is 20.1 Å². The quantitative estimate of drug-likeness (QED) is 0.242. The highest BCUT2D eigenvalue weighted by atomic mass is 19.4. The Morgan fingerprint density at radius 3 is 2.37 bits per heavy atom. The van der Waals surface area contributed by atoms with Crippen molar-refractivity contribution < 1.29 is 54.2 Å². The maximum atomic E-state index is 13.5. The molecule has 0 fully saturated rings. The van der Waals surface area contributed by atoms with Crippen LogP contribution in [-0.2, 0) is 17.5 Å². The van der Waals surface area contributed by atoms with E-state index in [1.165, 1.54) is 6.07 Å². The van der Waals surface area contributed by atoms with Gasteiger partial charge in [-0.05, 0) is 42.0 Å². The zero-order chi connectivity index (χ0) is 30.2. The Labute approximate surface area is 226 Å². The number of nitrogens with one attached hydrogen (secondary N) is 2. The van der Waals surface area contributed by atoms with Crippen molar-refractivity contribution >= 4 is 11.8 Å². The molecule has 9 nitrogen and oxygen atoms in total. The number of alkyl halides is 7. The number of hydrogen-bond donors (Lipinski definition) is 2. The Kier molecular flexibility index (Phi) is 10.2. The molecular weight excluding hydrogens is 574 g/mol. The van der Waals surface area contributed by atoms with Crippen LogP contribution in [0.25, 0.3) is 5.69 Å². The van der Waals surface area contributed by atoms with Crippen LogP contribution in [-0.4, -0.2) is 66.0 Å². The van der Waals surface area contributed by atoms with Gasteiger partial charge in [0.2, 0.25) is 0 Å². The number of carbonyl (C=O) groups is 2. The highest BCUT2D eigenvalue weighted by Gasteiger charge is 2.33. The molecule has 2 amide bonds. The Morgan fingerprint density at radius 1 is 0.927 bits per heavy atom. The molecule has 222 valence electrons. The van der Waals surface area contributed by atoms with Crippen LogP contribution in [0.4, 0.5) is 35.1 Å². The summed E-state index contributed by atoms with van der Waals surface area (Å²) in [6.07, 6.45) is -8.37. The van der Waals surface area contributed by atoms with Crippen molar-refractivity contribution in [1.29, 1.82) is 0 Å². The highest BCUT2D eigenvalue weighted by molar-refractivity contribution is 5.95. The average molecular weight is 595 g/mol. The van der Waals surface area contributed by atoms with E-state index < -0.39 is 60.9 Å². The van der Waals surface area contributed by atoms with Crippen LogP contribution < -0.4 is 15.4 Å². The van der Waals surface area contributed by atoms with Crippen LogP contribution in [0.1, 0.15) is 32.0 Å². The van der Waals surface area contributed by atoms with Crippen molar-refractivity contribution in [1.82, 2.24) is 25.6 Å². The number of halogens is 8. The van der Waals surface area contributed by atoms with E-state index in [0.717, 1.165) is 23.0 Å². The van der Waals surface area contributed by atoms with Crippen LogP contribution in [0.5, 0.6) is 5.75 Å². The first-order chi connectivity index (χ1) is 19.3. The fourth-order valence-electron chi connectivity index (χ4n) is 3.35. The van der Waals surface area contributed by atoms with Gasteiger partial charge in [-0.2, -0.15) is 26.3 Å². The van der Waals surface area contributed by atoms with E-state index >= 15 is 0 Å². The van der Waals surface area contributed by atoms with Crippen LogP contribution in [0.2, 0.25) is 0 Å². The topological polar surface area (TPSA) is 107 Å². The van der Waals surface area contributed by atoms with E-state index in [1.807, 2.05) is 0 Å². The van der Waals surface area contributed by atoms with E-state index in [9.17, 15) is 44.7 Å². The molecule has 41 heavy (non-hydrogen) atoms. The second kappa shape index (κ2) is 13.4. The van der Waals surface area contributed by atoms with Crippen LogP contribution in [0, 0.1) is 5.82 Å². The maximum Gasteiger partial charge on any atom is 0.416 e. The molecular formula is C24H21F8N5O4. The second-order valence-electron chi connectivity index (χ2n) is 8.16. The maximum absolute atomic E-state index is 13.5. The van der Waals surface area contributed by atoms with E-state index in [4.69, 9.17) is 9.47 Å². The lowest BCUT2D eigenvalue weighted by Gasteiger charge is -2.14. The summed E-state index contributed by atoms with van der Waals surface area (Å²) >= 11 is 0. The Bertz CT molecular complexity index is 1360. The molecule has 0 unspecified atom stereocenters. The van der Waals surface area contributed by atoms with Gasteiger partial charge >= 0.3 is 12.4 Å². The van der Waals surface area contributed by atoms with E-state index in [1.54, 1.807) is 5.32 Å². The van der Waals surface area contributed by atoms with Gasteiger partial charge in [0.05, 0.1) is 25.0 Å². The molecule has 0 spiro atoms. The predicted molar refractivity (Wildman–Crippen MR) is 125 cm³/mol. The molecule has 0 radical (unpaired) electrons. The zero-order valence-electron chi connectivity index (χ0n) is 20.8. The predicted octanol–water partition coefficient (Wildman–Crippen LogP) is 4.01. The molecule has 0 aliphatic carbocycles. The number of amides is 2. The molecule has 2 N–H and O–H groups in total. The molecule has 1 heterocycles. The smallest absolute Gasteiger partial charge is 0.416 e. The van der Waals surface area contributed by atoms with Gasteiger partial charge in [-0.1, -0.05) is 5.21 Å². The normalized spacial score (nSPS) is 11.8. The van der Waals surface area contributed by atoms with Crippen molar-refractivity contribution in [3.8, 4) is 11.4 Å². The molecule has 0 aliphatic heterocycles. The fraction of sp³-hybridized carbons (Fsp3) is 0.333. The lowest BCUT2D eigenvalue weighted by Crippen LogP contribution is -2.33. The summed E-state index contributed by atoms with van der Waals surface area (Å²) in [6, 6.07) is 5.30. The summed E-state index contributed by atoms with van der Waals surface area (Å²) in [7, 11) is 0. The SMILES string of the molecule is O=C(NCC(F)(F)F)c1ccc(-n2cc(C(=O)NCc3cc(F)ccc3C(F)(F)F)nn2)c(OCCOCCF)c1. The van der Waals surface area contributed by atoms with Crippen LogP contribution in [0.3, 0.4) is 0 Å². The lowest BCUT2D eigenvalue weighted by molar-refractivity contribution is -0.138. The first-order valence-electron chi connectivity index (χ1n) is 11.6. The van der Waals surface area contributed by atoms with Crippen LogP contribution in [0.15, 0.2) is 42.6 Å². The minimum absolute atomic E-state index is 0.0684. The minimum Gasteiger partial charge on any atom is -0.489 e. The van der Waals surface area contributed by atoms with Gasteiger partial charge in [0, 0.05) is 12.1 Å². The molecule has 0 bridgehead atoms. The van der Waals surface area contributed by atoms with Gasteiger partial charge in [-0.25, -0.2) is 13.5 Å². The first kappa shape index (κ1) is 31.3. The van der Waals surface area contributed by atoms with Crippen LogP contribution >= 0.6 is 0 Å². The molecule has 1 aromatic heterocycles. The lowest BCUT2D eigenvalue weighted by atomic mass is 10.1. The number of rotatable bonds is 12. The average Bonchev–Trinajstić information content (AvgIpc) is 3.39. The third-order valence-electron chi connectivity index (χ3n) is 5.16. The monoisotopic (exact) mass is 595 g/mol. The van der Waals surface area contributed by atoms with Crippen molar-refractivity contribution in [2.75, 3.05) is 33.0 Å². The van der Waals surface area contributed by atoms with Crippen molar-refractivity contribution in [3.63, 3.8) is 0 Å². The van der Waals surface area contributed by atoms with Gasteiger partial charge in [-0.15, -0.1) is 5.10 Å². The summed E-state index contributed by atoms with van der Waals surface area (Å²) in [5, 5.41) is 11.3. The van der Waals surface area contributed by atoms with Gasteiger partial charge in [0.1, 0.15) is 37.1 Å². The van der Waals surface area contributed by atoms with E-state index in [2.05, 4.69) is 15.6 Å². The number of hydrogen-bond acceptors (Lipinski definition) is 6. The molecule has 2 aromatic carbocycles. The van der Waals surface area contributed by atoms with Gasteiger partial charge in [0.15, 0.2) is 5.69 Å². The second-order valence-corrected chi connectivity index (χ2v) is 8.16. The summed E-state index contributed by atoms with van der Waals surface area (Å²) in [5.41, 5.74) is -2.17. The number of benzene rings is 2. The third kappa shape index (κ3) is 9.12. The molecule has 0 saturated carbocycles. The van der Waals surface area contributed by atoms with E-state index in [-0.39, 0.29) is 42.5 Å². The Morgan fingerprint density at radius 2 is 1.68 bits per heavy atom. The number of aromatic nitrogens is 3. The van der Waals surface area contributed by atoms with Gasteiger partial charge in [-0.3, -0.25) is 9.59 Å². The zero-order valence-corrected chi connectivity index (χ0v) is 20.8. The highest BCUT2D eigenvalue weighted by Crippen LogP contribution is 2.32. The number of nitrogens with zero attached hydrogens (tertiary/aromatic N) is 3. The van der Waals surface area contributed by atoms with Crippen molar-refractivity contribution in [2.24, 2.45) is 0 Å². The molecule has 17 heteroatoms. The van der Waals surface area contributed by atoms with Crippen molar-refractivity contribution in [3.05, 3.63) is 70.8 Å².